The fourth-order valence-corrected chi connectivity index (χ4v) is 4.85. The van der Waals surface area contributed by atoms with Gasteiger partial charge in [0.15, 0.2) is 16.7 Å². The van der Waals surface area contributed by atoms with Gasteiger partial charge in [-0.15, -0.1) is 0 Å². The first kappa shape index (κ1) is 20.7. The van der Waals surface area contributed by atoms with Gasteiger partial charge in [0.2, 0.25) is 5.91 Å². The summed E-state index contributed by atoms with van der Waals surface area (Å²) in [6.07, 6.45) is 4.49. The van der Waals surface area contributed by atoms with E-state index in [4.69, 9.17) is 14.4 Å². The number of amides is 1. The first-order chi connectivity index (χ1) is 14.6. The Bertz CT molecular complexity index is 919. The van der Waals surface area contributed by atoms with Crippen molar-refractivity contribution in [1.29, 1.82) is 5.26 Å². The quantitative estimate of drug-likeness (QED) is 0.704. The van der Waals surface area contributed by atoms with Crippen molar-refractivity contribution in [2.75, 3.05) is 38.2 Å². The van der Waals surface area contributed by atoms with Crippen LogP contribution in [0.3, 0.4) is 0 Å². The second-order valence-electron chi connectivity index (χ2n) is 7.65. The van der Waals surface area contributed by atoms with Gasteiger partial charge >= 0.3 is 0 Å². The lowest BCUT2D eigenvalue weighted by Crippen LogP contribution is -2.39. The molecule has 8 nitrogen and oxygen atoms in total. The van der Waals surface area contributed by atoms with Crippen molar-refractivity contribution < 1.29 is 18.7 Å². The number of hydrogen-bond donors (Lipinski definition) is 1. The third kappa shape index (κ3) is 4.78. The molecule has 0 aromatic carbocycles. The summed E-state index contributed by atoms with van der Waals surface area (Å²) in [6, 6.07) is 5.81. The molecule has 9 heteroatoms. The molecule has 4 rings (SSSR count). The molecular formula is C21H24N4O4S. The number of nitrogens with zero attached hydrogens (tertiary/aromatic N) is 3. The summed E-state index contributed by atoms with van der Waals surface area (Å²) in [5.41, 5.74) is 0.478. The Hall–Kier alpha value is -2.54. The van der Waals surface area contributed by atoms with Crippen molar-refractivity contribution in [3.63, 3.8) is 0 Å². The molecule has 0 saturated carbocycles. The zero-order chi connectivity index (χ0) is 20.9. The van der Waals surface area contributed by atoms with Crippen molar-refractivity contribution in [2.45, 2.75) is 25.7 Å². The number of ketones is 1. The minimum atomic E-state index is -0.171. The Kier molecular flexibility index (Phi) is 6.57. The Morgan fingerprint density at radius 2 is 2.03 bits per heavy atom. The predicted molar refractivity (Wildman–Crippen MR) is 111 cm³/mol. The summed E-state index contributed by atoms with van der Waals surface area (Å²) in [5.74, 6) is 0.355. The highest BCUT2D eigenvalue weighted by Crippen LogP contribution is 2.35. The molecule has 2 saturated heterocycles. The fraction of sp³-hybridized carbons (Fsp3) is 0.524. The molecule has 30 heavy (non-hydrogen) atoms. The van der Waals surface area contributed by atoms with Crippen molar-refractivity contribution in [3.8, 4) is 17.5 Å². The first-order valence-corrected chi connectivity index (χ1v) is 11.0. The number of anilines is 1. The van der Waals surface area contributed by atoms with Gasteiger partial charge in [0.1, 0.15) is 10.6 Å². The van der Waals surface area contributed by atoms with Crippen LogP contribution in [0.4, 0.5) is 5.13 Å². The zero-order valence-electron chi connectivity index (χ0n) is 16.6. The first-order valence-electron chi connectivity index (χ1n) is 10.2. The minimum absolute atomic E-state index is 0.0290. The van der Waals surface area contributed by atoms with Crippen LogP contribution in [0.1, 0.15) is 35.4 Å². The van der Waals surface area contributed by atoms with E-state index in [-0.39, 0.29) is 30.1 Å². The average molecular weight is 429 g/mol. The van der Waals surface area contributed by atoms with E-state index in [1.54, 1.807) is 18.4 Å². The summed E-state index contributed by atoms with van der Waals surface area (Å²) in [7, 11) is 0. The average Bonchev–Trinajstić information content (AvgIpc) is 3.44. The third-order valence-corrected chi connectivity index (χ3v) is 6.57. The van der Waals surface area contributed by atoms with Gasteiger partial charge in [0, 0.05) is 25.0 Å². The summed E-state index contributed by atoms with van der Waals surface area (Å²) in [4.78, 5) is 32.7. The van der Waals surface area contributed by atoms with Gasteiger partial charge < -0.3 is 14.5 Å². The molecule has 2 aromatic heterocycles. The molecule has 4 heterocycles. The van der Waals surface area contributed by atoms with E-state index in [1.807, 2.05) is 4.90 Å². The molecule has 0 aliphatic carbocycles. The number of aromatic nitrogens is 1. The SMILES string of the molecule is N#CC1CCN(CC(=O)Nc2nc(-c3ccco3)c(C(=O)C3CCOCC3)s2)CC1. The number of hydrogen-bond acceptors (Lipinski definition) is 8. The second kappa shape index (κ2) is 9.51. The van der Waals surface area contributed by atoms with Gasteiger partial charge in [0.25, 0.3) is 0 Å². The highest BCUT2D eigenvalue weighted by Gasteiger charge is 2.29. The number of ether oxygens (including phenoxy) is 1. The standard InChI is InChI=1S/C21H24N4O4S/c22-12-14-3-7-25(8-4-14)13-17(26)23-21-24-18(16-2-1-9-29-16)20(30-21)19(27)15-5-10-28-11-6-15/h1-2,9,14-15H,3-8,10-11,13H2,(H,23,24,26). The highest BCUT2D eigenvalue weighted by molar-refractivity contribution is 7.18. The van der Waals surface area contributed by atoms with Crippen molar-refractivity contribution in [3.05, 3.63) is 23.3 Å². The maximum absolute atomic E-state index is 13.1. The molecule has 0 unspecified atom stereocenters. The van der Waals surface area contributed by atoms with E-state index in [0.29, 0.717) is 47.5 Å². The van der Waals surface area contributed by atoms with Crippen LogP contribution in [0.25, 0.3) is 11.5 Å². The number of nitrogens with one attached hydrogen (secondary N) is 1. The van der Waals surface area contributed by atoms with Gasteiger partial charge in [-0.25, -0.2) is 4.98 Å². The lowest BCUT2D eigenvalue weighted by molar-refractivity contribution is -0.117. The van der Waals surface area contributed by atoms with E-state index >= 15 is 0 Å². The van der Waals surface area contributed by atoms with Crippen LogP contribution in [0, 0.1) is 23.2 Å². The van der Waals surface area contributed by atoms with Crippen LogP contribution in [-0.4, -0.2) is 54.4 Å². The van der Waals surface area contributed by atoms with Gasteiger partial charge in [-0.2, -0.15) is 5.26 Å². The van der Waals surface area contributed by atoms with Gasteiger partial charge in [0.05, 0.1) is 18.9 Å². The summed E-state index contributed by atoms with van der Waals surface area (Å²) in [5, 5.41) is 12.2. The smallest absolute Gasteiger partial charge is 0.240 e. The van der Waals surface area contributed by atoms with E-state index in [9.17, 15) is 9.59 Å². The number of Topliss-reactive ketones (excluding diaryl/α,β-unsaturated/α-hetero) is 1. The maximum Gasteiger partial charge on any atom is 0.240 e. The molecule has 2 aliphatic heterocycles. The molecule has 2 aliphatic rings. The van der Waals surface area contributed by atoms with Gasteiger partial charge in [-0.05, 0) is 50.9 Å². The van der Waals surface area contributed by atoms with Crippen molar-refractivity contribution in [1.82, 2.24) is 9.88 Å². The number of carbonyl (C=O) groups excluding carboxylic acids is 2. The van der Waals surface area contributed by atoms with Crippen LogP contribution in [-0.2, 0) is 9.53 Å². The number of nitriles is 1. The molecular weight excluding hydrogens is 404 g/mol. The second-order valence-corrected chi connectivity index (χ2v) is 8.65. The topological polar surface area (TPSA) is 108 Å². The number of furan rings is 1. The van der Waals surface area contributed by atoms with Crippen LogP contribution in [0.5, 0.6) is 0 Å². The number of piperidine rings is 1. The molecule has 1 amide bonds. The normalized spacial score (nSPS) is 18.8. The van der Waals surface area contributed by atoms with Gasteiger partial charge in [-0.1, -0.05) is 11.3 Å². The maximum atomic E-state index is 13.1. The zero-order valence-corrected chi connectivity index (χ0v) is 17.5. The molecule has 158 valence electrons. The molecule has 1 N–H and O–H groups in total. The predicted octanol–water partition coefficient (Wildman–Crippen LogP) is 3.19. The third-order valence-electron chi connectivity index (χ3n) is 5.58. The minimum Gasteiger partial charge on any atom is -0.463 e. The molecule has 0 spiro atoms. The van der Waals surface area contributed by atoms with E-state index < -0.39 is 0 Å². The molecule has 0 bridgehead atoms. The Labute approximate surface area is 178 Å². The van der Waals surface area contributed by atoms with Gasteiger partial charge in [-0.3, -0.25) is 14.5 Å². The Balaban J connectivity index is 1.46. The molecule has 2 fully saturated rings. The Morgan fingerprint density at radius 3 is 2.70 bits per heavy atom. The Morgan fingerprint density at radius 1 is 1.27 bits per heavy atom. The van der Waals surface area contributed by atoms with E-state index in [1.165, 1.54) is 11.3 Å². The number of rotatable bonds is 6. The van der Waals surface area contributed by atoms with Crippen molar-refractivity contribution >= 4 is 28.2 Å². The monoisotopic (exact) mass is 428 g/mol. The molecule has 2 aromatic rings. The van der Waals surface area contributed by atoms with E-state index in [2.05, 4.69) is 16.4 Å². The van der Waals surface area contributed by atoms with Crippen LogP contribution < -0.4 is 5.32 Å². The summed E-state index contributed by atoms with van der Waals surface area (Å²) in [6.45, 7) is 2.87. The number of thiazole rings is 1. The summed E-state index contributed by atoms with van der Waals surface area (Å²) >= 11 is 1.20. The fourth-order valence-electron chi connectivity index (χ4n) is 3.85. The molecule has 0 radical (unpaired) electrons. The largest absolute Gasteiger partial charge is 0.463 e. The lowest BCUT2D eigenvalue weighted by atomic mass is 9.94. The number of likely N-dealkylation sites (tertiary alicyclic amines) is 1. The molecule has 0 atom stereocenters. The van der Waals surface area contributed by atoms with Crippen LogP contribution in [0.15, 0.2) is 22.8 Å². The van der Waals surface area contributed by atoms with E-state index in [0.717, 1.165) is 25.9 Å². The number of carbonyl (C=O) groups is 2. The highest BCUT2D eigenvalue weighted by atomic mass is 32.1. The van der Waals surface area contributed by atoms with Crippen molar-refractivity contribution in [2.24, 2.45) is 11.8 Å². The lowest BCUT2D eigenvalue weighted by Gasteiger charge is -2.28. The van der Waals surface area contributed by atoms with Crippen LogP contribution in [0.2, 0.25) is 0 Å². The summed E-state index contributed by atoms with van der Waals surface area (Å²) < 4.78 is 10.8. The van der Waals surface area contributed by atoms with Crippen LogP contribution >= 0.6 is 11.3 Å².